The first-order valence-electron chi connectivity index (χ1n) is 7.57. The number of nitrogens with one attached hydrogen (secondary N) is 1. The SMILES string of the molecule is CCC(C)NC(=O)N1CCN(c2cc(Cl)ccc2C)CC1. The first-order valence-corrected chi connectivity index (χ1v) is 7.95. The van der Waals surface area contributed by atoms with Gasteiger partial charge in [-0.2, -0.15) is 0 Å². The highest BCUT2D eigenvalue weighted by Crippen LogP contribution is 2.25. The molecule has 116 valence electrons. The molecule has 0 aliphatic carbocycles. The van der Waals surface area contributed by atoms with Crippen molar-refractivity contribution in [1.82, 2.24) is 10.2 Å². The molecule has 2 rings (SSSR count). The fourth-order valence-electron chi connectivity index (χ4n) is 2.48. The highest BCUT2D eigenvalue weighted by molar-refractivity contribution is 6.30. The molecular formula is C16H24ClN3O. The Morgan fingerprint density at radius 2 is 2.00 bits per heavy atom. The number of carbonyl (C=O) groups excluding carboxylic acids is 1. The van der Waals surface area contributed by atoms with Gasteiger partial charge < -0.3 is 15.1 Å². The summed E-state index contributed by atoms with van der Waals surface area (Å²) in [4.78, 5) is 16.3. The predicted molar refractivity (Wildman–Crippen MR) is 88.3 cm³/mol. The van der Waals surface area contributed by atoms with Gasteiger partial charge in [-0.15, -0.1) is 0 Å². The first-order chi connectivity index (χ1) is 10.0. The minimum absolute atomic E-state index is 0.0480. The number of urea groups is 1. The van der Waals surface area contributed by atoms with Gasteiger partial charge in [0.15, 0.2) is 0 Å². The molecule has 0 aromatic heterocycles. The van der Waals surface area contributed by atoms with Crippen LogP contribution in [-0.2, 0) is 0 Å². The molecular weight excluding hydrogens is 286 g/mol. The number of benzene rings is 1. The van der Waals surface area contributed by atoms with Crippen LogP contribution < -0.4 is 10.2 Å². The summed E-state index contributed by atoms with van der Waals surface area (Å²) in [5.74, 6) is 0. The second kappa shape index (κ2) is 7.03. The molecule has 1 fully saturated rings. The highest BCUT2D eigenvalue weighted by Gasteiger charge is 2.22. The molecule has 0 saturated carbocycles. The van der Waals surface area contributed by atoms with E-state index < -0.39 is 0 Å². The molecule has 0 bridgehead atoms. The van der Waals surface area contributed by atoms with E-state index in [0.717, 1.165) is 37.6 Å². The Morgan fingerprint density at radius 3 is 2.62 bits per heavy atom. The molecule has 0 radical (unpaired) electrons. The Morgan fingerprint density at radius 1 is 1.33 bits per heavy atom. The lowest BCUT2D eigenvalue weighted by molar-refractivity contribution is 0.191. The fourth-order valence-corrected chi connectivity index (χ4v) is 2.64. The number of aryl methyl sites for hydroxylation is 1. The third kappa shape index (κ3) is 4.03. The highest BCUT2D eigenvalue weighted by atomic mass is 35.5. The second-order valence-corrected chi connectivity index (χ2v) is 6.10. The van der Waals surface area contributed by atoms with Crippen LogP contribution in [-0.4, -0.2) is 43.2 Å². The summed E-state index contributed by atoms with van der Waals surface area (Å²) in [6.45, 7) is 9.37. The zero-order chi connectivity index (χ0) is 15.4. The number of amides is 2. The quantitative estimate of drug-likeness (QED) is 0.930. The van der Waals surface area contributed by atoms with Crippen molar-refractivity contribution < 1.29 is 4.79 Å². The van der Waals surface area contributed by atoms with Crippen LogP contribution in [0, 0.1) is 6.92 Å². The van der Waals surface area contributed by atoms with Crippen LogP contribution in [0.4, 0.5) is 10.5 Å². The number of nitrogens with zero attached hydrogens (tertiary/aromatic N) is 2. The summed E-state index contributed by atoms with van der Waals surface area (Å²) < 4.78 is 0. The Hall–Kier alpha value is -1.42. The van der Waals surface area contributed by atoms with Crippen molar-refractivity contribution in [2.45, 2.75) is 33.2 Å². The summed E-state index contributed by atoms with van der Waals surface area (Å²) in [6, 6.07) is 6.24. The summed E-state index contributed by atoms with van der Waals surface area (Å²) in [6.07, 6.45) is 0.952. The molecule has 5 heteroatoms. The van der Waals surface area contributed by atoms with Crippen molar-refractivity contribution in [3.05, 3.63) is 28.8 Å². The summed E-state index contributed by atoms with van der Waals surface area (Å²) >= 11 is 6.09. The molecule has 1 heterocycles. The van der Waals surface area contributed by atoms with Crippen molar-refractivity contribution in [3.8, 4) is 0 Å². The third-order valence-corrected chi connectivity index (χ3v) is 4.30. The van der Waals surface area contributed by atoms with Gasteiger partial charge in [0.25, 0.3) is 0 Å². The van der Waals surface area contributed by atoms with E-state index in [4.69, 9.17) is 11.6 Å². The lowest BCUT2D eigenvalue weighted by Gasteiger charge is -2.37. The van der Waals surface area contributed by atoms with E-state index in [9.17, 15) is 4.79 Å². The second-order valence-electron chi connectivity index (χ2n) is 5.66. The number of halogens is 1. The minimum atomic E-state index is 0.0480. The molecule has 2 amide bonds. The molecule has 0 spiro atoms. The van der Waals surface area contributed by atoms with E-state index >= 15 is 0 Å². The lowest BCUT2D eigenvalue weighted by Crippen LogP contribution is -2.53. The van der Waals surface area contributed by atoms with E-state index in [2.05, 4.69) is 24.1 Å². The number of hydrogen-bond acceptors (Lipinski definition) is 2. The standard InChI is InChI=1S/C16H24ClN3O/c1-4-13(3)18-16(21)20-9-7-19(8-10-20)15-11-14(17)6-5-12(15)2/h5-6,11,13H,4,7-10H2,1-3H3,(H,18,21). The van der Waals surface area contributed by atoms with Crippen LogP contribution in [0.5, 0.6) is 0 Å². The van der Waals surface area contributed by atoms with Crippen molar-refractivity contribution in [3.63, 3.8) is 0 Å². The molecule has 1 unspecified atom stereocenters. The molecule has 1 N–H and O–H groups in total. The molecule has 1 saturated heterocycles. The van der Waals surface area contributed by atoms with Crippen LogP contribution in [0.2, 0.25) is 5.02 Å². The van der Waals surface area contributed by atoms with Gasteiger partial charge in [0, 0.05) is 42.9 Å². The van der Waals surface area contributed by atoms with Crippen LogP contribution in [0.25, 0.3) is 0 Å². The number of carbonyl (C=O) groups is 1. The van der Waals surface area contributed by atoms with E-state index in [1.165, 1.54) is 11.3 Å². The number of hydrogen-bond donors (Lipinski definition) is 1. The van der Waals surface area contributed by atoms with Crippen molar-refractivity contribution in [2.75, 3.05) is 31.1 Å². The maximum absolute atomic E-state index is 12.1. The lowest BCUT2D eigenvalue weighted by atomic mass is 10.1. The zero-order valence-electron chi connectivity index (χ0n) is 13.0. The predicted octanol–water partition coefficient (Wildman–Crippen LogP) is 3.28. The van der Waals surface area contributed by atoms with E-state index in [1.807, 2.05) is 30.0 Å². The third-order valence-electron chi connectivity index (χ3n) is 4.06. The largest absolute Gasteiger partial charge is 0.368 e. The van der Waals surface area contributed by atoms with Crippen molar-refractivity contribution in [2.24, 2.45) is 0 Å². The van der Waals surface area contributed by atoms with Crippen LogP contribution >= 0.6 is 11.6 Å². The van der Waals surface area contributed by atoms with Gasteiger partial charge in [-0.3, -0.25) is 0 Å². The minimum Gasteiger partial charge on any atom is -0.368 e. The van der Waals surface area contributed by atoms with E-state index in [-0.39, 0.29) is 12.1 Å². The topological polar surface area (TPSA) is 35.6 Å². The summed E-state index contributed by atoms with van der Waals surface area (Å²) in [5.41, 5.74) is 2.39. The Balaban J connectivity index is 1.94. The van der Waals surface area contributed by atoms with Crippen LogP contribution in [0.1, 0.15) is 25.8 Å². The Labute approximate surface area is 132 Å². The normalized spacial score (nSPS) is 16.8. The van der Waals surface area contributed by atoms with Crippen molar-refractivity contribution >= 4 is 23.3 Å². The van der Waals surface area contributed by atoms with Crippen LogP contribution in [0.3, 0.4) is 0 Å². The van der Waals surface area contributed by atoms with Gasteiger partial charge in [-0.05, 0) is 38.0 Å². The maximum atomic E-state index is 12.1. The fraction of sp³-hybridized carbons (Fsp3) is 0.562. The first kappa shape index (κ1) is 16.0. The molecule has 1 aromatic carbocycles. The van der Waals surface area contributed by atoms with Gasteiger partial charge >= 0.3 is 6.03 Å². The van der Waals surface area contributed by atoms with E-state index in [1.54, 1.807) is 0 Å². The van der Waals surface area contributed by atoms with Crippen molar-refractivity contribution in [1.29, 1.82) is 0 Å². The maximum Gasteiger partial charge on any atom is 0.317 e. The van der Waals surface area contributed by atoms with Crippen LogP contribution in [0.15, 0.2) is 18.2 Å². The molecule has 4 nitrogen and oxygen atoms in total. The average molecular weight is 310 g/mol. The smallest absolute Gasteiger partial charge is 0.317 e. The molecule has 1 aliphatic rings. The molecule has 21 heavy (non-hydrogen) atoms. The Kier molecular flexibility index (Phi) is 5.34. The van der Waals surface area contributed by atoms with Gasteiger partial charge in [0.05, 0.1) is 0 Å². The Bertz CT molecular complexity index is 498. The average Bonchev–Trinajstić information content (AvgIpc) is 2.49. The number of piperazine rings is 1. The molecule has 1 atom stereocenters. The van der Waals surface area contributed by atoms with Gasteiger partial charge in [-0.1, -0.05) is 24.6 Å². The van der Waals surface area contributed by atoms with Gasteiger partial charge in [0.2, 0.25) is 0 Å². The summed E-state index contributed by atoms with van der Waals surface area (Å²) in [5, 5.41) is 3.78. The van der Waals surface area contributed by atoms with Gasteiger partial charge in [-0.25, -0.2) is 4.79 Å². The van der Waals surface area contributed by atoms with Gasteiger partial charge in [0.1, 0.15) is 0 Å². The monoisotopic (exact) mass is 309 g/mol. The number of anilines is 1. The molecule has 1 aliphatic heterocycles. The van der Waals surface area contributed by atoms with E-state index in [0.29, 0.717) is 0 Å². The number of rotatable bonds is 3. The zero-order valence-corrected chi connectivity index (χ0v) is 13.8. The summed E-state index contributed by atoms with van der Waals surface area (Å²) in [7, 11) is 0. The molecule has 1 aromatic rings.